The van der Waals surface area contributed by atoms with Gasteiger partial charge in [0, 0.05) is 11.6 Å². The van der Waals surface area contributed by atoms with E-state index >= 15 is 0 Å². The van der Waals surface area contributed by atoms with Crippen LogP contribution in [-0.2, 0) is 6.54 Å². The van der Waals surface area contributed by atoms with Gasteiger partial charge in [-0.3, -0.25) is 4.90 Å². The van der Waals surface area contributed by atoms with Gasteiger partial charge in [-0.2, -0.15) is 0 Å². The van der Waals surface area contributed by atoms with Crippen LogP contribution in [0, 0.1) is 5.92 Å². The van der Waals surface area contributed by atoms with Crippen LogP contribution in [0.5, 0.6) is 0 Å². The Morgan fingerprint density at radius 3 is 2.65 bits per heavy atom. The minimum atomic E-state index is 0.695. The van der Waals surface area contributed by atoms with Crippen LogP contribution in [0.1, 0.15) is 18.6 Å². The van der Waals surface area contributed by atoms with Crippen molar-refractivity contribution in [2.75, 3.05) is 19.6 Å². The lowest BCUT2D eigenvalue weighted by Gasteiger charge is -2.30. The van der Waals surface area contributed by atoms with Crippen molar-refractivity contribution in [3.63, 3.8) is 0 Å². The Hall–Kier alpha value is -1.65. The fraction of sp³-hybridized carbons (Fsp3) is 0.438. The summed E-state index contributed by atoms with van der Waals surface area (Å²) in [5.74, 6) is 1.64. The maximum atomic E-state index is 5.72. The molecular weight excluding hydrogens is 250 g/mol. The molecule has 1 saturated heterocycles. The van der Waals surface area contributed by atoms with Crippen LogP contribution in [0.4, 0.5) is 0 Å². The molecule has 0 bridgehead atoms. The molecule has 2 aromatic rings. The third-order valence-electron chi connectivity index (χ3n) is 4.05. The SMILES string of the molecule is NCC1CCN(Cc2cc(-c3ccccc3)no2)CC1. The van der Waals surface area contributed by atoms with E-state index in [9.17, 15) is 0 Å². The van der Waals surface area contributed by atoms with Crippen molar-refractivity contribution in [1.29, 1.82) is 0 Å². The van der Waals surface area contributed by atoms with Crippen molar-refractivity contribution in [3.8, 4) is 11.3 Å². The minimum Gasteiger partial charge on any atom is -0.359 e. The van der Waals surface area contributed by atoms with Crippen LogP contribution in [-0.4, -0.2) is 29.7 Å². The first-order valence-electron chi connectivity index (χ1n) is 7.28. The lowest BCUT2D eigenvalue weighted by Crippen LogP contribution is -2.35. The number of rotatable bonds is 4. The average Bonchev–Trinajstić information content (AvgIpc) is 2.97. The molecule has 0 saturated carbocycles. The summed E-state index contributed by atoms with van der Waals surface area (Å²) in [4.78, 5) is 2.42. The van der Waals surface area contributed by atoms with Crippen molar-refractivity contribution in [2.24, 2.45) is 11.7 Å². The number of hydrogen-bond donors (Lipinski definition) is 1. The van der Waals surface area contributed by atoms with Gasteiger partial charge in [0.25, 0.3) is 0 Å². The zero-order chi connectivity index (χ0) is 13.8. The molecule has 0 aliphatic carbocycles. The molecule has 0 radical (unpaired) electrons. The van der Waals surface area contributed by atoms with Crippen molar-refractivity contribution >= 4 is 0 Å². The highest BCUT2D eigenvalue weighted by atomic mass is 16.5. The van der Waals surface area contributed by atoms with Crippen molar-refractivity contribution in [3.05, 3.63) is 42.2 Å². The van der Waals surface area contributed by atoms with Crippen LogP contribution in [0.3, 0.4) is 0 Å². The molecule has 0 spiro atoms. The molecule has 4 nitrogen and oxygen atoms in total. The fourth-order valence-corrected chi connectivity index (χ4v) is 2.73. The van der Waals surface area contributed by atoms with Gasteiger partial charge in [0.1, 0.15) is 5.69 Å². The Bertz CT molecular complexity index is 530. The van der Waals surface area contributed by atoms with Gasteiger partial charge in [-0.05, 0) is 38.4 Å². The summed E-state index contributed by atoms with van der Waals surface area (Å²) >= 11 is 0. The number of aromatic nitrogens is 1. The van der Waals surface area contributed by atoms with Gasteiger partial charge < -0.3 is 10.3 Å². The molecule has 4 heteroatoms. The van der Waals surface area contributed by atoms with Crippen molar-refractivity contribution in [2.45, 2.75) is 19.4 Å². The van der Waals surface area contributed by atoms with Crippen LogP contribution >= 0.6 is 0 Å². The first-order chi connectivity index (χ1) is 9.85. The molecule has 0 unspecified atom stereocenters. The molecule has 1 aliphatic heterocycles. The smallest absolute Gasteiger partial charge is 0.151 e. The van der Waals surface area contributed by atoms with Crippen LogP contribution in [0.15, 0.2) is 40.9 Å². The van der Waals surface area contributed by atoms with Crippen LogP contribution in [0.25, 0.3) is 11.3 Å². The number of likely N-dealkylation sites (tertiary alicyclic amines) is 1. The second-order valence-corrected chi connectivity index (χ2v) is 5.50. The monoisotopic (exact) mass is 271 g/mol. The lowest BCUT2D eigenvalue weighted by molar-refractivity contribution is 0.164. The van der Waals surface area contributed by atoms with Gasteiger partial charge in [0.05, 0.1) is 6.54 Å². The van der Waals surface area contributed by atoms with E-state index in [0.29, 0.717) is 5.92 Å². The molecule has 1 aliphatic rings. The maximum Gasteiger partial charge on any atom is 0.151 e. The normalized spacial score (nSPS) is 17.4. The first kappa shape index (κ1) is 13.3. The summed E-state index contributed by atoms with van der Waals surface area (Å²) in [6.45, 7) is 3.86. The molecule has 1 aromatic heterocycles. The van der Waals surface area contributed by atoms with E-state index in [4.69, 9.17) is 10.3 Å². The van der Waals surface area contributed by atoms with Gasteiger partial charge in [-0.1, -0.05) is 35.5 Å². The van der Waals surface area contributed by atoms with Gasteiger partial charge in [0.15, 0.2) is 5.76 Å². The zero-order valence-corrected chi connectivity index (χ0v) is 11.7. The summed E-state index contributed by atoms with van der Waals surface area (Å²) in [6, 6.07) is 12.2. The van der Waals surface area contributed by atoms with Gasteiger partial charge >= 0.3 is 0 Å². The highest BCUT2D eigenvalue weighted by molar-refractivity contribution is 5.58. The van der Waals surface area contributed by atoms with E-state index in [1.165, 1.54) is 12.8 Å². The predicted octanol–water partition coefficient (Wildman–Crippen LogP) is 2.51. The average molecular weight is 271 g/mol. The van der Waals surface area contributed by atoms with Crippen molar-refractivity contribution < 1.29 is 4.52 Å². The second kappa shape index (κ2) is 6.20. The largest absolute Gasteiger partial charge is 0.359 e. The first-order valence-corrected chi connectivity index (χ1v) is 7.28. The Kier molecular flexibility index (Phi) is 4.14. The third-order valence-corrected chi connectivity index (χ3v) is 4.05. The molecule has 0 amide bonds. The lowest BCUT2D eigenvalue weighted by atomic mass is 9.97. The van der Waals surface area contributed by atoms with E-state index in [1.807, 2.05) is 36.4 Å². The summed E-state index contributed by atoms with van der Waals surface area (Å²) < 4.78 is 5.46. The van der Waals surface area contributed by atoms with Gasteiger partial charge in [-0.25, -0.2) is 0 Å². The van der Waals surface area contributed by atoms with Crippen molar-refractivity contribution in [1.82, 2.24) is 10.1 Å². The minimum absolute atomic E-state index is 0.695. The Balaban J connectivity index is 1.61. The third kappa shape index (κ3) is 3.08. The van der Waals surface area contributed by atoms with E-state index in [1.54, 1.807) is 0 Å². The molecule has 2 heterocycles. The van der Waals surface area contributed by atoms with Crippen LogP contribution in [0.2, 0.25) is 0 Å². The molecule has 1 fully saturated rings. The van der Waals surface area contributed by atoms with Gasteiger partial charge in [0.2, 0.25) is 0 Å². The molecule has 0 atom stereocenters. The summed E-state index contributed by atoms with van der Waals surface area (Å²) in [6.07, 6.45) is 2.38. The Morgan fingerprint density at radius 2 is 1.95 bits per heavy atom. The Morgan fingerprint density at radius 1 is 1.20 bits per heavy atom. The molecule has 3 rings (SSSR count). The second-order valence-electron chi connectivity index (χ2n) is 5.50. The number of hydrogen-bond acceptors (Lipinski definition) is 4. The predicted molar refractivity (Wildman–Crippen MR) is 79.0 cm³/mol. The number of nitrogens with two attached hydrogens (primary N) is 1. The highest BCUT2D eigenvalue weighted by Crippen LogP contribution is 2.21. The quantitative estimate of drug-likeness (QED) is 0.928. The maximum absolute atomic E-state index is 5.72. The van der Waals surface area contributed by atoms with E-state index in [2.05, 4.69) is 10.1 Å². The van der Waals surface area contributed by atoms with Gasteiger partial charge in [-0.15, -0.1) is 0 Å². The topological polar surface area (TPSA) is 55.3 Å². The van der Waals surface area contributed by atoms with E-state index in [0.717, 1.165) is 43.2 Å². The summed E-state index contributed by atoms with van der Waals surface area (Å²) in [5, 5.41) is 4.16. The fourth-order valence-electron chi connectivity index (χ4n) is 2.73. The number of nitrogens with zero attached hydrogens (tertiary/aromatic N) is 2. The molecule has 106 valence electrons. The Labute approximate surface area is 119 Å². The molecule has 2 N–H and O–H groups in total. The molecular formula is C16H21N3O. The number of benzene rings is 1. The number of piperidine rings is 1. The standard InChI is InChI=1S/C16H21N3O/c17-11-13-6-8-19(9-7-13)12-15-10-16(18-20-15)14-4-2-1-3-5-14/h1-5,10,13H,6-9,11-12,17H2. The molecule has 20 heavy (non-hydrogen) atoms. The van der Waals surface area contributed by atoms with Crippen LogP contribution < -0.4 is 5.73 Å². The van der Waals surface area contributed by atoms with E-state index < -0.39 is 0 Å². The summed E-state index contributed by atoms with van der Waals surface area (Å²) in [5.41, 5.74) is 7.74. The van der Waals surface area contributed by atoms with E-state index in [-0.39, 0.29) is 0 Å². The summed E-state index contributed by atoms with van der Waals surface area (Å²) in [7, 11) is 0. The highest BCUT2D eigenvalue weighted by Gasteiger charge is 2.19. The zero-order valence-electron chi connectivity index (χ0n) is 11.7. The molecule has 1 aromatic carbocycles.